The van der Waals surface area contributed by atoms with Crippen LogP contribution in [0.2, 0.25) is 0 Å². The molecule has 0 saturated carbocycles. The highest BCUT2D eigenvalue weighted by molar-refractivity contribution is 7.10. The summed E-state index contributed by atoms with van der Waals surface area (Å²) in [6.07, 6.45) is 1.18. The van der Waals surface area contributed by atoms with Crippen molar-refractivity contribution in [1.82, 2.24) is 5.32 Å². The van der Waals surface area contributed by atoms with Crippen LogP contribution in [-0.4, -0.2) is 18.4 Å². The van der Waals surface area contributed by atoms with Crippen LogP contribution in [0.25, 0.3) is 0 Å². The predicted octanol–water partition coefficient (Wildman–Crippen LogP) is 2.64. The zero-order valence-electron chi connectivity index (χ0n) is 12.8. The Morgan fingerprint density at radius 1 is 1.35 bits per heavy atom. The molecule has 1 aliphatic heterocycles. The molecule has 1 aromatic carbocycles. The van der Waals surface area contributed by atoms with Crippen LogP contribution in [-0.2, 0) is 22.6 Å². The number of nitrogens with one attached hydrogen (secondary N) is 2. The summed E-state index contributed by atoms with van der Waals surface area (Å²) in [7, 11) is 0. The van der Waals surface area contributed by atoms with Crippen molar-refractivity contribution in [1.29, 1.82) is 0 Å². The first kappa shape index (κ1) is 15.6. The number of amides is 2. The van der Waals surface area contributed by atoms with E-state index in [0.717, 1.165) is 16.1 Å². The summed E-state index contributed by atoms with van der Waals surface area (Å²) in [5.41, 5.74) is 3.05. The molecule has 0 unspecified atom stereocenters. The largest absolute Gasteiger partial charge is 0.484 e. The van der Waals surface area contributed by atoms with Gasteiger partial charge in [0.05, 0.1) is 6.54 Å². The Morgan fingerprint density at radius 3 is 3.00 bits per heavy atom. The molecule has 0 fully saturated rings. The molecule has 1 aromatic heterocycles. The molecule has 120 valence electrons. The van der Waals surface area contributed by atoms with E-state index in [0.29, 0.717) is 25.1 Å². The third-order valence-electron chi connectivity index (χ3n) is 3.76. The van der Waals surface area contributed by atoms with Crippen LogP contribution in [0.1, 0.15) is 22.4 Å². The van der Waals surface area contributed by atoms with Gasteiger partial charge in [-0.25, -0.2) is 0 Å². The van der Waals surface area contributed by atoms with E-state index in [9.17, 15) is 9.59 Å². The van der Waals surface area contributed by atoms with Gasteiger partial charge in [-0.15, -0.1) is 11.3 Å². The van der Waals surface area contributed by atoms with Crippen LogP contribution in [0, 0.1) is 6.92 Å². The zero-order valence-corrected chi connectivity index (χ0v) is 13.7. The number of fused-ring (bicyclic) bond motifs is 1. The van der Waals surface area contributed by atoms with E-state index in [1.54, 1.807) is 17.4 Å². The van der Waals surface area contributed by atoms with E-state index in [1.165, 1.54) is 5.56 Å². The monoisotopic (exact) mass is 330 g/mol. The quantitative estimate of drug-likeness (QED) is 0.885. The number of hydrogen-bond donors (Lipinski definition) is 2. The lowest BCUT2D eigenvalue weighted by Crippen LogP contribution is -2.28. The molecule has 1 aliphatic rings. The molecule has 5 nitrogen and oxygen atoms in total. The fourth-order valence-corrected chi connectivity index (χ4v) is 3.26. The highest BCUT2D eigenvalue weighted by Gasteiger charge is 2.15. The van der Waals surface area contributed by atoms with Gasteiger partial charge in [0.2, 0.25) is 5.91 Å². The second-order valence-corrected chi connectivity index (χ2v) is 6.46. The lowest BCUT2D eigenvalue weighted by molar-refractivity contribution is -0.123. The van der Waals surface area contributed by atoms with Gasteiger partial charge in [0.25, 0.3) is 5.91 Å². The lowest BCUT2D eigenvalue weighted by Gasteiger charge is -2.17. The van der Waals surface area contributed by atoms with E-state index in [-0.39, 0.29) is 18.4 Å². The first-order valence-corrected chi connectivity index (χ1v) is 8.35. The first-order valence-electron chi connectivity index (χ1n) is 7.47. The van der Waals surface area contributed by atoms with E-state index in [4.69, 9.17) is 4.74 Å². The Labute approximate surface area is 138 Å². The fourth-order valence-electron chi connectivity index (χ4n) is 2.41. The molecule has 2 heterocycles. The SMILES string of the molecule is Cc1ccsc1CNC(=O)COc1ccc2c(c1)CCC(=O)N2. The summed E-state index contributed by atoms with van der Waals surface area (Å²) in [6.45, 7) is 2.54. The molecular formula is C17H18N2O3S. The highest BCUT2D eigenvalue weighted by atomic mass is 32.1. The molecule has 2 aromatic rings. The first-order chi connectivity index (χ1) is 11.1. The summed E-state index contributed by atoms with van der Waals surface area (Å²) in [4.78, 5) is 24.3. The molecule has 6 heteroatoms. The van der Waals surface area contributed by atoms with E-state index >= 15 is 0 Å². The molecule has 3 rings (SSSR count). The van der Waals surface area contributed by atoms with Crippen molar-refractivity contribution in [2.45, 2.75) is 26.3 Å². The summed E-state index contributed by atoms with van der Waals surface area (Å²) in [6, 6.07) is 7.50. The average Bonchev–Trinajstić information content (AvgIpc) is 2.96. The summed E-state index contributed by atoms with van der Waals surface area (Å²) in [5.74, 6) is 0.528. The van der Waals surface area contributed by atoms with Gasteiger partial charge >= 0.3 is 0 Å². The second-order valence-electron chi connectivity index (χ2n) is 5.46. The standard InChI is InChI=1S/C17H18N2O3S/c1-11-6-7-23-15(11)9-18-17(21)10-22-13-3-4-14-12(8-13)2-5-16(20)19-14/h3-4,6-8H,2,5,9-10H2,1H3,(H,18,21)(H,19,20). The van der Waals surface area contributed by atoms with Crippen molar-refractivity contribution in [2.75, 3.05) is 11.9 Å². The van der Waals surface area contributed by atoms with Crippen molar-refractivity contribution in [2.24, 2.45) is 0 Å². The number of carbonyl (C=O) groups excluding carboxylic acids is 2. The van der Waals surface area contributed by atoms with Gasteiger partial charge in [-0.05, 0) is 54.1 Å². The predicted molar refractivity (Wildman–Crippen MR) is 89.8 cm³/mol. The smallest absolute Gasteiger partial charge is 0.258 e. The number of hydrogen-bond acceptors (Lipinski definition) is 4. The molecule has 0 spiro atoms. The van der Waals surface area contributed by atoms with Crippen LogP contribution in [0.4, 0.5) is 5.69 Å². The third-order valence-corrected chi connectivity index (χ3v) is 4.78. The molecule has 0 atom stereocenters. The Bertz CT molecular complexity index is 739. The lowest BCUT2D eigenvalue weighted by atomic mass is 10.0. The molecule has 2 amide bonds. The van der Waals surface area contributed by atoms with Crippen molar-refractivity contribution in [3.05, 3.63) is 45.6 Å². The molecule has 0 radical (unpaired) electrons. The summed E-state index contributed by atoms with van der Waals surface area (Å²) >= 11 is 1.63. The van der Waals surface area contributed by atoms with Gasteiger partial charge in [-0.2, -0.15) is 0 Å². The van der Waals surface area contributed by atoms with Gasteiger partial charge in [-0.3, -0.25) is 9.59 Å². The van der Waals surface area contributed by atoms with Crippen LogP contribution in [0.3, 0.4) is 0 Å². The number of benzene rings is 1. The molecule has 2 N–H and O–H groups in total. The van der Waals surface area contributed by atoms with Crippen LogP contribution in [0.5, 0.6) is 5.75 Å². The summed E-state index contributed by atoms with van der Waals surface area (Å²) < 4.78 is 5.54. The Balaban J connectivity index is 1.51. The molecule has 0 saturated heterocycles. The average molecular weight is 330 g/mol. The van der Waals surface area contributed by atoms with E-state index < -0.39 is 0 Å². The van der Waals surface area contributed by atoms with Crippen LogP contribution in [0.15, 0.2) is 29.6 Å². The zero-order chi connectivity index (χ0) is 16.2. The van der Waals surface area contributed by atoms with Gasteiger partial charge < -0.3 is 15.4 Å². The van der Waals surface area contributed by atoms with Crippen molar-refractivity contribution in [3.63, 3.8) is 0 Å². The normalized spacial score (nSPS) is 13.2. The number of anilines is 1. The second kappa shape index (κ2) is 6.83. The number of ether oxygens (including phenoxy) is 1. The van der Waals surface area contributed by atoms with E-state index in [2.05, 4.69) is 10.6 Å². The number of carbonyl (C=O) groups is 2. The molecular weight excluding hydrogens is 312 g/mol. The van der Waals surface area contributed by atoms with Gasteiger partial charge in [0, 0.05) is 17.0 Å². The van der Waals surface area contributed by atoms with E-state index in [1.807, 2.05) is 30.5 Å². The topological polar surface area (TPSA) is 67.4 Å². The minimum atomic E-state index is -0.149. The molecule has 0 aliphatic carbocycles. The minimum absolute atomic E-state index is 0.0183. The van der Waals surface area contributed by atoms with Crippen LogP contribution >= 0.6 is 11.3 Å². The fraction of sp³-hybridized carbons (Fsp3) is 0.294. The van der Waals surface area contributed by atoms with Gasteiger partial charge in [0.1, 0.15) is 5.75 Å². The number of thiophene rings is 1. The van der Waals surface area contributed by atoms with Crippen molar-refractivity contribution in [3.8, 4) is 5.75 Å². The Morgan fingerprint density at radius 2 is 2.22 bits per heavy atom. The maximum atomic E-state index is 11.9. The van der Waals surface area contributed by atoms with Crippen LogP contribution < -0.4 is 15.4 Å². The van der Waals surface area contributed by atoms with Gasteiger partial charge in [-0.1, -0.05) is 0 Å². The van der Waals surface area contributed by atoms with Crippen molar-refractivity contribution < 1.29 is 14.3 Å². The maximum absolute atomic E-state index is 11.9. The highest BCUT2D eigenvalue weighted by Crippen LogP contribution is 2.26. The third kappa shape index (κ3) is 3.90. The maximum Gasteiger partial charge on any atom is 0.258 e. The molecule has 0 bridgehead atoms. The summed E-state index contributed by atoms with van der Waals surface area (Å²) in [5, 5.41) is 7.69. The van der Waals surface area contributed by atoms with Crippen molar-refractivity contribution >= 4 is 28.8 Å². The molecule has 23 heavy (non-hydrogen) atoms. The number of rotatable bonds is 5. The minimum Gasteiger partial charge on any atom is -0.484 e. The Kier molecular flexibility index (Phi) is 4.62. The number of aryl methyl sites for hydroxylation is 2. The Hall–Kier alpha value is -2.34. The van der Waals surface area contributed by atoms with Gasteiger partial charge in [0.15, 0.2) is 6.61 Å².